The van der Waals surface area contributed by atoms with Gasteiger partial charge in [0.25, 0.3) is 15.9 Å². The second-order valence-electron chi connectivity index (χ2n) is 7.71. The quantitative estimate of drug-likeness (QED) is 0.370. The molecule has 0 spiro atoms. The maximum Gasteiger partial charge on any atom is 0.338 e. The Kier molecular flexibility index (Phi) is 6.18. The summed E-state index contributed by atoms with van der Waals surface area (Å²) in [5, 5.41) is 2.97. The normalized spacial score (nSPS) is 13.0. The van der Waals surface area contributed by atoms with Crippen LogP contribution in [0, 0.1) is 0 Å². The van der Waals surface area contributed by atoms with E-state index < -0.39 is 28.5 Å². The molecule has 0 unspecified atom stereocenters. The van der Waals surface area contributed by atoms with Gasteiger partial charge in [-0.15, -0.1) is 0 Å². The molecule has 1 aromatic heterocycles. The fourth-order valence-corrected chi connectivity index (χ4v) is 6.69. The molecule has 0 saturated carbocycles. The number of benzene rings is 3. The zero-order valence-corrected chi connectivity index (χ0v) is 20.5. The third kappa shape index (κ3) is 4.60. The van der Waals surface area contributed by atoms with Crippen molar-refractivity contribution in [2.24, 2.45) is 0 Å². The number of rotatable bonds is 6. The number of hydrogen-bond donors (Lipinski definition) is 1. The molecule has 2 heterocycles. The average Bonchev–Trinajstić information content (AvgIpc) is 3.46. The lowest BCUT2D eigenvalue weighted by Crippen LogP contribution is -2.29. The summed E-state index contributed by atoms with van der Waals surface area (Å²) in [5.41, 5.74) is 2.22. The van der Waals surface area contributed by atoms with Crippen molar-refractivity contribution in [3.05, 3.63) is 82.9 Å². The van der Waals surface area contributed by atoms with Gasteiger partial charge in [0.2, 0.25) is 0 Å². The van der Waals surface area contributed by atoms with Crippen LogP contribution in [0.4, 0.5) is 10.8 Å². The lowest BCUT2D eigenvalue weighted by molar-refractivity contribution is -0.119. The van der Waals surface area contributed by atoms with Gasteiger partial charge in [-0.3, -0.25) is 14.4 Å². The number of sulfonamides is 1. The molecule has 0 bridgehead atoms. The van der Waals surface area contributed by atoms with Crippen LogP contribution in [0.5, 0.6) is 0 Å². The molecule has 11 heteroatoms. The van der Waals surface area contributed by atoms with Crippen LogP contribution in [0.25, 0.3) is 10.2 Å². The number of amides is 1. The van der Waals surface area contributed by atoms with Crippen molar-refractivity contribution in [3.8, 4) is 0 Å². The molecule has 3 aromatic carbocycles. The zero-order chi connectivity index (χ0) is 24.6. The summed E-state index contributed by atoms with van der Waals surface area (Å²) in [4.78, 5) is 28.9. The number of nitrogens with zero attached hydrogens (tertiary/aromatic N) is 2. The fraction of sp³-hybridized carbons (Fsp3) is 0.125. The van der Waals surface area contributed by atoms with Crippen LogP contribution in [0.3, 0.4) is 0 Å². The number of carbonyl (C=O) groups excluding carboxylic acids is 2. The summed E-state index contributed by atoms with van der Waals surface area (Å²) in [6.45, 7) is -0.280. The first-order chi connectivity index (χ1) is 16.8. The maximum atomic E-state index is 13.4. The van der Waals surface area contributed by atoms with E-state index >= 15 is 0 Å². The largest absolute Gasteiger partial charge is 0.452 e. The molecule has 0 saturated heterocycles. The first kappa shape index (κ1) is 23.3. The van der Waals surface area contributed by atoms with Crippen molar-refractivity contribution < 1.29 is 22.7 Å². The molecule has 5 rings (SSSR count). The van der Waals surface area contributed by atoms with Gasteiger partial charge in [0.15, 0.2) is 11.7 Å². The number of anilines is 2. The summed E-state index contributed by atoms with van der Waals surface area (Å²) < 4.78 is 34.0. The monoisotopic (exact) mass is 527 g/mol. The van der Waals surface area contributed by atoms with Crippen molar-refractivity contribution in [1.82, 2.24) is 4.98 Å². The minimum absolute atomic E-state index is 0.0143. The van der Waals surface area contributed by atoms with E-state index in [1.807, 2.05) is 36.4 Å². The second kappa shape index (κ2) is 9.29. The van der Waals surface area contributed by atoms with Gasteiger partial charge in [0.05, 0.1) is 26.5 Å². The molecule has 1 amide bonds. The molecule has 4 aromatic rings. The van der Waals surface area contributed by atoms with E-state index in [2.05, 4.69) is 10.3 Å². The molecule has 1 N–H and O–H groups in total. The molecular formula is C24H18ClN3O5S2. The molecule has 178 valence electrons. The number of ether oxygens (including phenoxy) is 1. The maximum absolute atomic E-state index is 13.4. The number of hydrogen-bond acceptors (Lipinski definition) is 7. The second-order valence-corrected chi connectivity index (χ2v) is 11.0. The van der Waals surface area contributed by atoms with Gasteiger partial charge >= 0.3 is 5.97 Å². The van der Waals surface area contributed by atoms with Crippen LogP contribution >= 0.6 is 22.9 Å². The Morgan fingerprint density at radius 3 is 2.69 bits per heavy atom. The summed E-state index contributed by atoms with van der Waals surface area (Å²) >= 11 is 7.51. The standard InChI is InChI=1S/C24H18ClN3O5S2/c25-17-10-9-16(13-21(17)35(31,32)28-12-11-15-5-1-3-7-19(15)28)23(30)33-14-22(29)27-24-26-18-6-2-4-8-20(18)34-24/h1-10,13H,11-12,14H2,(H,26,27,29). The summed E-state index contributed by atoms with van der Waals surface area (Å²) in [7, 11) is -4.02. The predicted molar refractivity (Wildman–Crippen MR) is 135 cm³/mol. The number of carbonyl (C=O) groups is 2. The van der Waals surface area contributed by atoms with Gasteiger partial charge in [-0.25, -0.2) is 18.2 Å². The molecular weight excluding hydrogens is 510 g/mol. The van der Waals surface area contributed by atoms with Crippen LogP contribution in [0.1, 0.15) is 15.9 Å². The van der Waals surface area contributed by atoms with E-state index in [1.165, 1.54) is 33.8 Å². The lowest BCUT2D eigenvalue weighted by atomic mass is 10.2. The van der Waals surface area contributed by atoms with E-state index in [0.29, 0.717) is 17.2 Å². The van der Waals surface area contributed by atoms with E-state index in [-0.39, 0.29) is 22.0 Å². The Hall–Kier alpha value is -3.47. The number of halogens is 1. The van der Waals surface area contributed by atoms with Crippen LogP contribution in [0.15, 0.2) is 71.6 Å². The van der Waals surface area contributed by atoms with Crippen molar-refractivity contribution in [2.45, 2.75) is 11.3 Å². The van der Waals surface area contributed by atoms with Gasteiger partial charge in [-0.1, -0.05) is 53.3 Å². The highest BCUT2D eigenvalue weighted by atomic mass is 35.5. The number of nitrogens with one attached hydrogen (secondary N) is 1. The summed E-state index contributed by atoms with van der Waals surface area (Å²) in [6.07, 6.45) is 0.582. The number of para-hydroxylation sites is 2. The number of esters is 1. The van der Waals surface area contributed by atoms with Crippen molar-refractivity contribution in [3.63, 3.8) is 0 Å². The summed E-state index contributed by atoms with van der Waals surface area (Å²) in [5.74, 6) is -1.41. The highest BCUT2D eigenvalue weighted by Crippen LogP contribution is 2.35. The minimum atomic E-state index is -4.02. The minimum Gasteiger partial charge on any atom is -0.452 e. The Labute approximate surface area is 210 Å². The van der Waals surface area contributed by atoms with Gasteiger partial charge in [0.1, 0.15) is 4.90 Å². The smallest absolute Gasteiger partial charge is 0.338 e. The lowest BCUT2D eigenvalue weighted by Gasteiger charge is -2.20. The third-order valence-electron chi connectivity index (χ3n) is 5.45. The van der Waals surface area contributed by atoms with Gasteiger partial charge in [0, 0.05) is 6.54 Å². The zero-order valence-electron chi connectivity index (χ0n) is 18.1. The molecule has 35 heavy (non-hydrogen) atoms. The molecule has 0 aliphatic carbocycles. The Morgan fingerprint density at radius 2 is 1.86 bits per heavy atom. The van der Waals surface area contributed by atoms with Crippen LogP contribution in [-0.2, 0) is 26.0 Å². The van der Waals surface area contributed by atoms with E-state index in [0.717, 1.165) is 15.8 Å². The third-order valence-corrected chi connectivity index (χ3v) is 8.70. The number of aromatic nitrogens is 1. The van der Waals surface area contributed by atoms with Crippen molar-refractivity contribution in [1.29, 1.82) is 0 Å². The number of fused-ring (bicyclic) bond motifs is 2. The van der Waals surface area contributed by atoms with E-state index in [1.54, 1.807) is 12.1 Å². The molecule has 0 radical (unpaired) electrons. The molecule has 8 nitrogen and oxygen atoms in total. The fourth-order valence-electron chi connectivity index (χ4n) is 3.80. The first-order valence-corrected chi connectivity index (χ1v) is 13.2. The Balaban J connectivity index is 1.29. The van der Waals surface area contributed by atoms with Crippen LogP contribution in [0.2, 0.25) is 5.02 Å². The Morgan fingerprint density at radius 1 is 1.09 bits per heavy atom. The number of thiazole rings is 1. The van der Waals surface area contributed by atoms with Crippen LogP contribution < -0.4 is 9.62 Å². The van der Waals surface area contributed by atoms with Crippen molar-refractivity contribution >= 4 is 65.9 Å². The van der Waals surface area contributed by atoms with E-state index in [4.69, 9.17) is 16.3 Å². The average molecular weight is 528 g/mol. The highest BCUT2D eigenvalue weighted by molar-refractivity contribution is 7.93. The molecule has 1 aliphatic heterocycles. The van der Waals surface area contributed by atoms with Gasteiger partial charge in [-0.05, 0) is 48.4 Å². The first-order valence-electron chi connectivity index (χ1n) is 10.6. The molecule has 1 aliphatic rings. The summed E-state index contributed by atoms with van der Waals surface area (Å²) in [6, 6.07) is 18.5. The topological polar surface area (TPSA) is 106 Å². The highest BCUT2D eigenvalue weighted by Gasteiger charge is 2.32. The van der Waals surface area contributed by atoms with Gasteiger partial charge < -0.3 is 4.74 Å². The van der Waals surface area contributed by atoms with Gasteiger partial charge in [-0.2, -0.15) is 0 Å². The van der Waals surface area contributed by atoms with Crippen molar-refractivity contribution in [2.75, 3.05) is 22.8 Å². The molecule has 0 atom stereocenters. The van der Waals surface area contributed by atoms with Crippen LogP contribution in [-0.4, -0.2) is 38.4 Å². The molecule has 0 fully saturated rings. The van der Waals surface area contributed by atoms with E-state index in [9.17, 15) is 18.0 Å². The predicted octanol–water partition coefficient (Wildman–Crippen LogP) is 4.50. The Bertz CT molecular complexity index is 1540. The SMILES string of the molecule is O=C(COC(=O)c1ccc(Cl)c(S(=O)(=O)N2CCc3ccccc32)c1)Nc1nc2ccccc2s1.